The summed E-state index contributed by atoms with van der Waals surface area (Å²) in [5, 5.41) is 19.0. The fraction of sp³-hybridized carbons (Fsp3) is 0.452. The van der Waals surface area contributed by atoms with Crippen molar-refractivity contribution in [2.45, 2.75) is 71.4 Å². The summed E-state index contributed by atoms with van der Waals surface area (Å²) in [4.78, 5) is 63.2. The van der Waals surface area contributed by atoms with Gasteiger partial charge in [-0.3, -0.25) is 19.2 Å². The van der Waals surface area contributed by atoms with E-state index in [1.807, 2.05) is 36.4 Å². The maximum atomic E-state index is 13.5. The Morgan fingerprint density at radius 3 is 1.86 bits per heavy atom. The molecule has 5 N–H and O–H groups in total. The summed E-state index contributed by atoms with van der Waals surface area (Å²) >= 11 is 0. The first kappa shape index (κ1) is 34.7. The quantitative estimate of drug-likeness (QED) is 0.208. The first-order valence-corrected chi connectivity index (χ1v) is 14.0. The molecule has 0 saturated carbocycles. The van der Waals surface area contributed by atoms with Crippen molar-refractivity contribution in [3.8, 4) is 0 Å². The molecular weight excluding hydrogens is 556 g/mol. The molecule has 4 amide bonds. The van der Waals surface area contributed by atoms with Crippen LogP contribution in [0, 0.1) is 5.92 Å². The minimum absolute atomic E-state index is 0.0734. The van der Waals surface area contributed by atoms with E-state index in [0.717, 1.165) is 11.1 Å². The van der Waals surface area contributed by atoms with E-state index >= 15 is 0 Å². The lowest BCUT2D eigenvalue weighted by molar-refractivity contribution is -0.139. The number of amides is 4. The van der Waals surface area contributed by atoms with Crippen LogP contribution in [0.25, 0.3) is 0 Å². The van der Waals surface area contributed by atoms with E-state index < -0.39 is 66.0 Å². The SMILES string of the molecule is CC(C)[C@H](NC(=O)[C@H](Cc1ccccc1)NC(=O)[C@H](COCc1ccccc1)NC(=O)OC(C)(C)C)C(=O)NCC(=O)O. The van der Waals surface area contributed by atoms with Gasteiger partial charge in [-0.05, 0) is 37.8 Å². The molecule has 3 atom stereocenters. The third-order valence-electron chi connectivity index (χ3n) is 5.98. The predicted molar refractivity (Wildman–Crippen MR) is 159 cm³/mol. The Kier molecular flexibility index (Phi) is 13.6. The third-order valence-corrected chi connectivity index (χ3v) is 5.98. The summed E-state index contributed by atoms with van der Waals surface area (Å²) in [7, 11) is 0. The van der Waals surface area contributed by atoms with Crippen molar-refractivity contribution >= 4 is 29.8 Å². The zero-order chi connectivity index (χ0) is 32.0. The van der Waals surface area contributed by atoms with Crippen molar-refractivity contribution in [1.82, 2.24) is 21.3 Å². The van der Waals surface area contributed by atoms with Gasteiger partial charge in [0.05, 0.1) is 13.2 Å². The highest BCUT2D eigenvalue weighted by Gasteiger charge is 2.32. The highest BCUT2D eigenvalue weighted by molar-refractivity contribution is 5.94. The van der Waals surface area contributed by atoms with Crippen LogP contribution in [0.5, 0.6) is 0 Å². The van der Waals surface area contributed by atoms with Crippen LogP contribution < -0.4 is 21.3 Å². The molecule has 0 radical (unpaired) electrons. The second-order valence-corrected chi connectivity index (χ2v) is 11.3. The number of nitrogens with one attached hydrogen (secondary N) is 4. The van der Waals surface area contributed by atoms with E-state index in [9.17, 15) is 24.0 Å². The fourth-order valence-corrected chi connectivity index (χ4v) is 3.89. The normalized spacial score (nSPS) is 13.3. The maximum Gasteiger partial charge on any atom is 0.408 e. The fourth-order valence-electron chi connectivity index (χ4n) is 3.89. The van der Waals surface area contributed by atoms with E-state index in [1.54, 1.807) is 58.9 Å². The van der Waals surface area contributed by atoms with E-state index in [1.165, 1.54) is 0 Å². The third kappa shape index (κ3) is 13.4. The van der Waals surface area contributed by atoms with Crippen LogP contribution in [-0.4, -0.2) is 71.8 Å². The molecule has 2 rings (SSSR count). The van der Waals surface area contributed by atoms with Crippen molar-refractivity contribution in [2.24, 2.45) is 5.92 Å². The van der Waals surface area contributed by atoms with Crippen molar-refractivity contribution in [3.63, 3.8) is 0 Å². The number of hydrogen-bond acceptors (Lipinski definition) is 7. The molecule has 0 aliphatic heterocycles. The van der Waals surface area contributed by atoms with Crippen LogP contribution >= 0.6 is 0 Å². The van der Waals surface area contributed by atoms with Crippen LogP contribution in [0.4, 0.5) is 4.79 Å². The highest BCUT2D eigenvalue weighted by atomic mass is 16.6. The number of carboxylic acids is 1. The Morgan fingerprint density at radius 1 is 0.767 bits per heavy atom. The molecule has 234 valence electrons. The van der Waals surface area contributed by atoms with E-state index in [-0.39, 0.29) is 19.6 Å². The smallest absolute Gasteiger partial charge is 0.408 e. The maximum absolute atomic E-state index is 13.5. The van der Waals surface area contributed by atoms with Gasteiger partial charge in [-0.25, -0.2) is 4.79 Å². The standard InChI is InChI=1S/C31H42N4O8/c1-20(2)26(29(40)32-17-25(36)37)35-27(38)23(16-21-12-8-6-9-13-21)33-28(39)24(34-30(41)43-31(3,4)5)19-42-18-22-14-10-7-11-15-22/h6-15,20,23-24,26H,16-19H2,1-5H3,(H,32,40)(H,33,39)(H,34,41)(H,35,38)(H,36,37)/t23-,24-,26-/m0/s1. The number of benzene rings is 2. The Bertz CT molecular complexity index is 1220. The molecule has 12 heteroatoms. The molecule has 0 aliphatic rings. The molecule has 0 unspecified atom stereocenters. The van der Waals surface area contributed by atoms with E-state index in [0.29, 0.717) is 0 Å². The molecular formula is C31H42N4O8. The zero-order valence-corrected chi connectivity index (χ0v) is 25.2. The van der Waals surface area contributed by atoms with Crippen LogP contribution in [0.1, 0.15) is 45.7 Å². The number of carbonyl (C=O) groups is 5. The molecule has 2 aromatic carbocycles. The molecule has 43 heavy (non-hydrogen) atoms. The lowest BCUT2D eigenvalue weighted by Crippen LogP contribution is -2.59. The summed E-state index contributed by atoms with van der Waals surface area (Å²) in [6.45, 7) is 7.80. The Balaban J connectivity index is 2.25. The van der Waals surface area contributed by atoms with Gasteiger partial charge in [-0.15, -0.1) is 0 Å². The van der Waals surface area contributed by atoms with Gasteiger partial charge in [0.15, 0.2) is 0 Å². The number of aliphatic carboxylic acids is 1. The largest absolute Gasteiger partial charge is 0.480 e. The minimum Gasteiger partial charge on any atom is -0.480 e. The van der Waals surface area contributed by atoms with E-state index in [2.05, 4.69) is 21.3 Å². The summed E-state index contributed by atoms with van der Waals surface area (Å²) in [6.07, 6.45) is -0.765. The highest BCUT2D eigenvalue weighted by Crippen LogP contribution is 2.10. The number of carboxylic acid groups (broad SMARTS) is 1. The molecule has 12 nitrogen and oxygen atoms in total. The number of carbonyl (C=O) groups excluding carboxylic acids is 4. The molecule has 0 spiro atoms. The predicted octanol–water partition coefficient (Wildman–Crippen LogP) is 2.17. The average Bonchev–Trinajstić information content (AvgIpc) is 2.93. The summed E-state index contributed by atoms with van der Waals surface area (Å²) in [6, 6.07) is 14.8. The van der Waals surface area contributed by atoms with Crippen LogP contribution in [0.15, 0.2) is 60.7 Å². The van der Waals surface area contributed by atoms with Gasteiger partial charge in [0.2, 0.25) is 17.7 Å². The summed E-state index contributed by atoms with van der Waals surface area (Å²) in [5.74, 6) is -3.66. The first-order chi connectivity index (χ1) is 20.2. The van der Waals surface area contributed by atoms with E-state index in [4.69, 9.17) is 14.6 Å². The molecule has 0 aliphatic carbocycles. The monoisotopic (exact) mass is 598 g/mol. The Morgan fingerprint density at radius 2 is 1.33 bits per heavy atom. The van der Waals surface area contributed by atoms with Crippen molar-refractivity contribution in [2.75, 3.05) is 13.2 Å². The van der Waals surface area contributed by atoms with Gasteiger partial charge in [0.1, 0.15) is 30.3 Å². The lowest BCUT2D eigenvalue weighted by Gasteiger charge is -2.27. The van der Waals surface area contributed by atoms with Crippen LogP contribution in [-0.2, 0) is 41.7 Å². The second-order valence-electron chi connectivity index (χ2n) is 11.3. The zero-order valence-electron chi connectivity index (χ0n) is 25.2. The van der Waals surface area contributed by atoms with Gasteiger partial charge in [-0.2, -0.15) is 0 Å². The Hall–Kier alpha value is -4.45. The number of rotatable bonds is 15. The molecule has 0 saturated heterocycles. The molecule has 0 fully saturated rings. The second kappa shape index (κ2) is 16.9. The van der Waals surface area contributed by atoms with Gasteiger partial charge >= 0.3 is 12.1 Å². The van der Waals surface area contributed by atoms with Gasteiger partial charge in [0, 0.05) is 6.42 Å². The van der Waals surface area contributed by atoms with Gasteiger partial charge in [0.25, 0.3) is 0 Å². The van der Waals surface area contributed by atoms with Crippen LogP contribution in [0.3, 0.4) is 0 Å². The van der Waals surface area contributed by atoms with Crippen molar-refractivity contribution in [3.05, 3.63) is 71.8 Å². The van der Waals surface area contributed by atoms with Gasteiger partial charge < -0.3 is 35.8 Å². The molecule has 0 heterocycles. The Labute approximate surface area is 251 Å². The summed E-state index contributed by atoms with van der Waals surface area (Å²) in [5.41, 5.74) is 0.774. The average molecular weight is 599 g/mol. The first-order valence-electron chi connectivity index (χ1n) is 14.0. The van der Waals surface area contributed by atoms with Gasteiger partial charge in [-0.1, -0.05) is 74.5 Å². The molecule has 2 aromatic rings. The lowest BCUT2D eigenvalue weighted by atomic mass is 10.0. The van der Waals surface area contributed by atoms with Crippen molar-refractivity contribution < 1.29 is 38.6 Å². The van der Waals surface area contributed by atoms with Crippen LogP contribution in [0.2, 0.25) is 0 Å². The molecule has 0 aromatic heterocycles. The topological polar surface area (TPSA) is 172 Å². The summed E-state index contributed by atoms with van der Waals surface area (Å²) < 4.78 is 11.1. The number of hydrogen-bond donors (Lipinski definition) is 5. The van der Waals surface area contributed by atoms with Crippen molar-refractivity contribution in [1.29, 1.82) is 0 Å². The minimum atomic E-state index is -1.23. The number of ether oxygens (including phenoxy) is 2. The number of alkyl carbamates (subject to hydrolysis) is 1. The molecule has 0 bridgehead atoms.